The number of nitrogens with two attached hydrogens (primary N) is 1. The highest BCUT2D eigenvalue weighted by molar-refractivity contribution is 5.33. The molecule has 0 spiro atoms. The molecule has 3 unspecified atom stereocenters. The summed E-state index contributed by atoms with van der Waals surface area (Å²) in [4.78, 5) is 0. The van der Waals surface area contributed by atoms with Crippen LogP contribution in [0.2, 0.25) is 0 Å². The highest BCUT2D eigenvalue weighted by Crippen LogP contribution is 2.30. The van der Waals surface area contributed by atoms with Crippen molar-refractivity contribution in [2.24, 2.45) is 5.73 Å². The number of aryl methyl sites for hydroxylation is 1. The summed E-state index contributed by atoms with van der Waals surface area (Å²) in [6.07, 6.45) is 1.57. The van der Waals surface area contributed by atoms with Gasteiger partial charge in [0.05, 0.1) is 0 Å². The summed E-state index contributed by atoms with van der Waals surface area (Å²) in [7, 11) is 0. The van der Waals surface area contributed by atoms with Crippen molar-refractivity contribution in [2.75, 3.05) is 6.61 Å². The van der Waals surface area contributed by atoms with E-state index < -0.39 is 0 Å². The minimum atomic E-state index is -0.287. The SMILES string of the molecule is CCCOC1C(N)CC1Oc1cc(F)ccc1C. The minimum absolute atomic E-state index is 0.0235. The number of rotatable bonds is 5. The van der Waals surface area contributed by atoms with Gasteiger partial charge in [-0.1, -0.05) is 13.0 Å². The van der Waals surface area contributed by atoms with Crippen LogP contribution in [0.4, 0.5) is 4.39 Å². The van der Waals surface area contributed by atoms with Crippen LogP contribution >= 0.6 is 0 Å². The smallest absolute Gasteiger partial charge is 0.128 e. The van der Waals surface area contributed by atoms with Crippen LogP contribution in [-0.4, -0.2) is 24.9 Å². The molecule has 18 heavy (non-hydrogen) atoms. The van der Waals surface area contributed by atoms with Gasteiger partial charge in [-0.15, -0.1) is 0 Å². The van der Waals surface area contributed by atoms with Crippen LogP contribution in [0.25, 0.3) is 0 Å². The van der Waals surface area contributed by atoms with Crippen molar-refractivity contribution in [1.29, 1.82) is 0 Å². The fourth-order valence-electron chi connectivity index (χ4n) is 2.08. The Labute approximate surface area is 107 Å². The van der Waals surface area contributed by atoms with Crippen molar-refractivity contribution >= 4 is 0 Å². The van der Waals surface area contributed by atoms with E-state index in [-0.39, 0.29) is 24.1 Å². The third-order valence-electron chi connectivity index (χ3n) is 3.24. The molecule has 0 radical (unpaired) electrons. The molecule has 1 aromatic rings. The van der Waals surface area contributed by atoms with Crippen LogP contribution in [-0.2, 0) is 4.74 Å². The van der Waals surface area contributed by atoms with Crippen LogP contribution in [0.15, 0.2) is 18.2 Å². The fourth-order valence-corrected chi connectivity index (χ4v) is 2.08. The second-order valence-corrected chi connectivity index (χ2v) is 4.80. The zero-order valence-corrected chi connectivity index (χ0v) is 10.9. The van der Waals surface area contributed by atoms with Crippen LogP contribution in [0.3, 0.4) is 0 Å². The fraction of sp³-hybridized carbons (Fsp3) is 0.571. The van der Waals surface area contributed by atoms with Crippen molar-refractivity contribution in [3.05, 3.63) is 29.6 Å². The summed E-state index contributed by atoms with van der Waals surface area (Å²) < 4.78 is 24.6. The van der Waals surface area contributed by atoms with Gasteiger partial charge in [-0.25, -0.2) is 4.39 Å². The first kappa shape index (κ1) is 13.3. The topological polar surface area (TPSA) is 44.5 Å². The Balaban J connectivity index is 1.98. The van der Waals surface area contributed by atoms with Gasteiger partial charge >= 0.3 is 0 Å². The Morgan fingerprint density at radius 3 is 2.89 bits per heavy atom. The molecule has 2 N–H and O–H groups in total. The average molecular weight is 253 g/mol. The highest BCUT2D eigenvalue weighted by Gasteiger charge is 2.41. The number of hydrogen-bond acceptors (Lipinski definition) is 3. The molecular formula is C14H20FNO2. The predicted molar refractivity (Wildman–Crippen MR) is 68.2 cm³/mol. The van der Waals surface area contributed by atoms with E-state index in [4.69, 9.17) is 15.2 Å². The van der Waals surface area contributed by atoms with Crippen molar-refractivity contribution in [3.8, 4) is 5.75 Å². The number of ether oxygens (including phenoxy) is 2. The molecule has 0 aromatic heterocycles. The predicted octanol–water partition coefficient (Wildman–Crippen LogP) is 2.41. The molecule has 3 atom stereocenters. The van der Waals surface area contributed by atoms with E-state index in [2.05, 4.69) is 6.92 Å². The molecule has 0 saturated heterocycles. The third-order valence-corrected chi connectivity index (χ3v) is 3.24. The van der Waals surface area contributed by atoms with Gasteiger partial charge < -0.3 is 15.2 Å². The van der Waals surface area contributed by atoms with Crippen LogP contribution in [0.5, 0.6) is 5.75 Å². The van der Waals surface area contributed by atoms with E-state index in [0.717, 1.165) is 18.4 Å². The second-order valence-electron chi connectivity index (χ2n) is 4.80. The van der Waals surface area contributed by atoms with Crippen molar-refractivity contribution in [1.82, 2.24) is 0 Å². The second kappa shape index (κ2) is 5.67. The molecule has 1 aliphatic carbocycles. The standard InChI is InChI=1S/C14H20FNO2/c1-3-6-17-14-11(16)8-13(14)18-12-7-10(15)5-4-9(12)2/h4-5,7,11,13-14H,3,6,8,16H2,1-2H3. The van der Waals surface area contributed by atoms with Crippen LogP contribution in [0.1, 0.15) is 25.3 Å². The van der Waals surface area contributed by atoms with Gasteiger partial charge in [0, 0.05) is 25.1 Å². The van der Waals surface area contributed by atoms with Gasteiger partial charge in [-0.3, -0.25) is 0 Å². The molecule has 0 bridgehead atoms. The molecule has 4 heteroatoms. The molecule has 1 aromatic carbocycles. The van der Waals surface area contributed by atoms with Crippen LogP contribution < -0.4 is 10.5 Å². The molecule has 0 amide bonds. The molecule has 1 saturated carbocycles. The maximum absolute atomic E-state index is 13.2. The molecule has 100 valence electrons. The van der Waals surface area contributed by atoms with Crippen LogP contribution in [0, 0.1) is 12.7 Å². The summed E-state index contributed by atoms with van der Waals surface area (Å²) in [6.45, 7) is 4.63. The average Bonchev–Trinajstić information content (AvgIpc) is 2.33. The summed E-state index contributed by atoms with van der Waals surface area (Å²) in [5.41, 5.74) is 6.82. The van der Waals surface area contributed by atoms with Gasteiger partial charge in [0.1, 0.15) is 23.8 Å². The molecule has 3 nitrogen and oxygen atoms in total. The first-order valence-corrected chi connectivity index (χ1v) is 6.41. The summed E-state index contributed by atoms with van der Waals surface area (Å²) in [6, 6.07) is 4.58. The number of benzene rings is 1. The number of halogens is 1. The Kier molecular flexibility index (Phi) is 4.19. The zero-order valence-electron chi connectivity index (χ0n) is 10.9. The van der Waals surface area contributed by atoms with E-state index in [0.29, 0.717) is 12.4 Å². The van der Waals surface area contributed by atoms with Crippen molar-refractivity contribution in [3.63, 3.8) is 0 Å². The van der Waals surface area contributed by atoms with E-state index in [9.17, 15) is 4.39 Å². The van der Waals surface area contributed by atoms with Gasteiger partial charge in [0.2, 0.25) is 0 Å². The van der Waals surface area contributed by atoms with Gasteiger partial charge in [0.25, 0.3) is 0 Å². The van der Waals surface area contributed by atoms with Crippen molar-refractivity contribution < 1.29 is 13.9 Å². The normalized spacial score (nSPS) is 26.8. The zero-order chi connectivity index (χ0) is 13.1. The van der Waals surface area contributed by atoms with E-state index in [1.165, 1.54) is 12.1 Å². The van der Waals surface area contributed by atoms with Crippen molar-refractivity contribution in [2.45, 2.75) is 44.9 Å². The quantitative estimate of drug-likeness (QED) is 0.876. The maximum Gasteiger partial charge on any atom is 0.128 e. The lowest BCUT2D eigenvalue weighted by atomic mass is 9.86. The van der Waals surface area contributed by atoms with Gasteiger partial charge in [-0.2, -0.15) is 0 Å². The Morgan fingerprint density at radius 2 is 2.22 bits per heavy atom. The van der Waals surface area contributed by atoms with E-state index >= 15 is 0 Å². The van der Waals surface area contributed by atoms with Gasteiger partial charge in [0.15, 0.2) is 0 Å². The lowest BCUT2D eigenvalue weighted by molar-refractivity contribution is -0.0982. The first-order chi connectivity index (χ1) is 8.61. The molecule has 0 heterocycles. The molecule has 0 aliphatic heterocycles. The summed E-state index contributed by atoms with van der Waals surface area (Å²) in [5.74, 6) is 0.294. The minimum Gasteiger partial charge on any atom is -0.487 e. The Morgan fingerprint density at radius 1 is 1.44 bits per heavy atom. The molecule has 1 aliphatic rings. The molecule has 2 rings (SSSR count). The Hall–Kier alpha value is -1.13. The van der Waals surface area contributed by atoms with E-state index in [1.54, 1.807) is 6.07 Å². The molecule has 1 fully saturated rings. The van der Waals surface area contributed by atoms with E-state index in [1.807, 2.05) is 6.92 Å². The molecular weight excluding hydrogens is 233 g/mol. The highest BCUT2D eigenvalue weighted by atomic mass is 19.1. The number of hydrogen-bond donors (Lipinski definition) is 1. The maximum atomic E-state index is 13.2. The lowest BCUT2D eigenvalue weighted by Crippen LogP contribution is -2.59. The lowest BCUT2D eigenvalue weighted by Gasteiger charge is -2.42. The largest absolute Gasteiger partial charge is 0.487 e. The summed E-state index contributed by atoms with van der Waals surface area (Å²) in [5, 5.41) is 0. The third kappa shape index (κ3) is 2.82. The Bertz CT molecular complexity index is 411. The monoisotopic (exact) mass is 253 g/mol. The first-order valence-electron chi connectivity index (χ1n) is 6.41. The summed E-state index contributed by atoms with van der Waals surface area (Å²) >= 11 is 0. The van der Waals surface area contributed by atoms with Gasteiger partial charge in [-0.05, 0) is 25.0 Å².